The van der Waals surface area contributed by atoms with Crippen LogP contribution in [0.5, 0.6) is 0 Å². The van der Waals surface area contributed by atoms with Gasteiger partial charge < -0.3 is 15.2 Å². The smallest absolute Gasteiger partial charge is 0.322 e. The van der Waals surface area contributed by atoms with Gasteiger partial charge in [0.15, 0.2) is 5.82 Å². The maximum atomic E-state index is 12.0. The first-order valence-electron chi connectivity index (χ1n) is 7.26. The van der Waals surface area contributed by atoms with Gasteiger partial charge in [-0.3, -0.25) is 10.1 Å². The first kappa shape index (κ1) is 13.1. The second kappa shape index (κ2) is 4.43. The average molecular weight is 300 g/mol. The summed E-state index contributed by atoms with van der Waals surface area (Å²) < 4.78 is 0. The molecule has 0 aliphatic carbocycles. The van der Waals surface area contributed by atoms with Gasteiger partial charge in [0.25, 0.3) is 5.91 Å². The topological polar surface area (TPSA) is 103 Å². The second-order valence-corrected chi connectivity index (χ2v) is 5.89. The Bertz CT molecular complexity index is 775. The number of aryl methyl sites for hydroxylation is 1. The molecule has 2 aliphatic rings. The number of piperidine rings is 1. The highest BCUT2D eigenvalue weighted by atomic mass is 16.2. The van der Waals surface area contributed by atoms with Gasteiger partial charge in [0, 0.05) is 18.8 Å². The first-order chi connectivity index (χ1) is 10.6. The highest BCUT2D eigenvalue weighted by molar-refractivity contribution is 6.07. The molecule has 2 aliphatic heterocycles. The van der Waals surface area contributed by atoms with E-state index >= 15 is 0 Å². The summed E-state index contributed by atoms with van der Waals surface area (Å²) in [5, 5.41) is 5.09. The summed E-state index contributed by atoms with van der Waals surface area (Å²) >= 11 is 0. The summed E-state index contributed by atoms with van der Waals surface area (Å²) in [6.45, 7) is 3.28. The Kier molecular flexibility index (Phi) is 2.63. The minimum atomic E-state index is -0.759. The SMILES string of the molecule is Cc1cc2ncnc(N3CCC4(CC3)NC(=O)NC4=O)c2[nH]1. The van der Waals surface area contributed by atoms with E-state index in [9.17, 15) is 9.59 Å². The molecule has 4 rings (SSSR count). The quantitative estimate of drug-likeness (QED) is 0.663. The fraction of sp³-hybridized carbons (Fsp3) is 0.429. The van der Waals surface area contributed by atoms with Crippen molar-refractivity contribution in [3.05, 3.63) is 18.1 Å². The number of hydrogen-bond donors (Lipinski definition) is 3. The predicted molar refractivity (Wildman–Crippen MR) is 79.5 cm³/mol. The van der Waals surface area contributed by atoms with Gasteiger partial charge in [-0.05, 0) is 25.8 Å². The van der Waals surface area contributed by atoms with Crippen LogP contribution in [0.15, 0.2) is 12.4 Å². The zero-order valence-electron chi connectivity index (χ0n) is 12.1. The van der Waals surface area contributed by atoms with Gasteiger partial charge >= 0.3 is 6.03 Å². The summed E-state index contributed by atoms with van der Waals surface area (Å²) in [5.41, 5.74) is 2.07. The lowest BCUT2D eigenvalue weighted by Gasteiger charge is -2.37. The number of carbonyl (C=O) groups excluding carboxylic acids is 2. The van der Waals surface area contributed by atoms with Crippen LogP contribution in [0.25, 0.3) is 11.0 Å². The Morgan fingerprint density at radius 3 is 2.68 bits per heavy atom. The normalized spacial score (nSPS) is 20.5. The van der Waals surface area contributed by atoms with Crippen LogP contribution in [0.1, 0.15) is 18.5 Å². The molecule has 114 valence electrons. The van der Waals surface area contributed by atoms with Crippen molar-refractivity contribution >= 4 is 28.8 Å². The summed E-state index contributed by atoms with van der Waals surface area (Å²) in [6.07, 6.45) is 2.69. The predicted octanol–water partition coefficient (Wildman–Crippen LogP) is 0.445. The number of hydrogen-bond acceptors (Lipinski definition) is 5. The van der Waals surface area contributed by atoms with Gasteiger partial charge in [0.1, 0.15) is 17.4 Å². The molecule has 22 heavy (non-hydrogen) atoms. The summed E-state index contributed by atoms with van der Waals surface area (Å²) in [7, 11) is 0. The van der Waals surface area contributed by atoms with Crippen molar-refractivity contribution in [3.8, 4) is 0 Å². The van der Waals surface area contributed by atoms with Crippen LogP contribution in [0.2, 0.25) is 0 Å². The number of anilines is 1. The number of aromatic nitrogens is 3. The van der Waals surface area contributed by atoms with Crippen LogP contribution in [0.4, 0.5) is 10.6 Å². The molecule has 8 nitrogen and oxygen atoms in total. The minimum absolute atomic E-state index is 0.222. The van der Waals surface area contributed by atoms with Crippen molar-refractivity contribution in [3.63, 3.8) is 0 Å². The van der Waals surface area contributed by atoms with Crippen molar-refractivity contribution in [2.45, 2.75) is 25.3 Å². The summed E-state index contributed by atoms with van der Waals surface area (Å²) in [5.74, 6) is 0.624. The van der Waals surface area contributed by atoms with E-state index in [-0.39, 0.29) is 5.91 Å². The molecule has 0 aromatic carbocycles. The Balaban J connectivity index is 1.61. The molecule has 3 N–H and O–H groups in total. The Morgan fingerprint density at radius 1 is 1.23 bits per heavy atom. The number of amides is 3. The number of urea groups is 1. The second-order valence-electron chi connectivity index (χ2n) is 5.89. The zero-order chi connectivity index (χ0) is 15.3. The van der Waals surface area contributed by atoms with Crippen LogP contribution in [0, 0.1) is 6.92 Å². The van der Waals surface area contributed by atoms with Crippen LogP contribution < -0.4 is 15.5 Å². The number of fused-ring (bicyclic) bond motifs is 1. The standard InChI is InChI=1S/C14H16N6O2/c1-8-6-9-10(17-8)11(16-7-15-9)20-4-2-14(3-5-20)12(21)18-13(22)19-14/h6-7,17H,2-5H2,1H3,(H2,18,19,21,22). The molecule has 0 bridgehead atoms. The highest BCUT2D eigenvalue weighted by Crippen LogP contribution is 2.30. The van der Waals surface area contributed by atoms with Gasteiger partial charge in [-0.2, -0.15) is 0 Å². The van der Waals surface area contributed by atoms with Gasteiger partial charge in [-0.15, -0.1) is 0 Å². The van der Waals surface area contributed by atoms with E-state index in [4.69, 9.17) is 0 Å². The number of imide groups is 1. The molecule has 0 unspecified atom stereocenters. The number of rotatable bonds is 1. The average Bonchev–Trinajstić information content (AvgIpc) is 2.99. The van der Waals surface area contributed by atoms with E-state index in [1.165, 1.54) is 0 Å². The van der Waals surface area contributed by atoms with Crippen LogP contribution in [-0.4, -0.2) is 45.5 Å². The number of carbonyl (C=O) groups is 2. The summed E-state index contributed by atoms with van der Waals surface area (Å²) in [6, 6.07) is 1.58. The molecule has 1 spiro atoms. The molecular weight excluding hydrogens is 284 g/mol. The van der Waals surface area contributed by atoms with Crippen molar-refractivity contribution in [1.82, 2.24) is 25.6 Å². The fourth-order valence-electron chi connectivity index (χ4n) is 3.28. The Hall–Kier alpha value is -2.64. The third kappa shape index (κ3) is 1.83. The molecule has 0 radical (unpaired) electrons. The van der Waals surface area contributed by atoms with Gasteiger partial charge in [-0.1, -0.05) is 0 Å². The molecule has 3 amide bonds. The Labute approximate surface area is 126 Å². The van der Waals surface area contributed by atoms with E-state index in [1.807, 2.05) is 13.0 Å². The molecular formula is C14H16N6O2. The lowest BCUT2D eigenvalue weighted by molar-refractivity contribution is -0.124. The molecule has 2 aromatic rings. The molecule has 2 fully saturated rings. The van der Waals surface area contributed by atoms with E-state index in [0.29, 0.717) is 25.9 Å². The minimum Gasteiger partial charge on any atom is -0.355 e. The monoisotopic (exact) mass is 300 g/mol. The maximum Gasteiger partial charge on any atom is 0.322 e. The molecule has 0 saturated carbocycles. The molecule has 4 heterocycles. The van der Waals surface area contributed by atoms with Gasteiger partial charge in [-0.25, -0.2) is 14.8 Å². The Morgan fingerprint density at radius 2 is 2.00 bits per heavy atom. The largest absolute Gasteiger partial charge is 0.355 e. The van der Waals surface area contributed by atoms with E-state index in [0.717, 1.165) is 22.5 Å². The van der Waals surface area contributed by atoms with Crippen LogP contribution in [0.3, 0.4) is 0 Å². The van der Waals surface area contributed by atoms with Crippen molar-refractivity contribution in [1.29, 1.82) is 0 Å². The molecule has 2 aromatic heterocycles. The van der Waals surface area contributed by atoms with E-state index < -0.39 is 11.6 Å². The third-order valence-corrected chi connectivity index (χ3v) is 4.46. The molecule has 0 atom stereocenters. The number of nitrogens with one attached hydrogen (secondary N) is 3. The number of aromatic amines is 1. The summed E-state index contributed by atoms with van der Waals surface area (Å²) in [4.78, 5) is 37.4. The van der Waals surface area contributed by atoms with E-state index in [1.54, 1.807) is 6.33 Å². The zero-order valence-corrected chi connectivity index (χ0v) is 12.1. The van der Waals surface area contributed by atoms with Crippen LogP contribution in [-0.2, 0) is 4.79 Å². The van der Waals surface area contributed by atoms with Crippen LogP contribution >= 0.6 is 0 Å². The molecule has 2 saturated heterocycles. The maximum absolute atomic E-state index is 12.0. The number of nitrogens with zero attached hydrogens (tertiary/aromatic N) is 3. The van der Waals surface area contributed by atoms with Crippen molar-refractivity contribution in [2.24, 2.45) is 0 Å². The lowest BCUT2D eigenvalue weighted by atomic mass is 9.88. The number of H-pyrrole nitrogens is 1. The van der Waals surface area contributed by atoms with Gasteiger partial charge in [0.2, 0.25) is 0 Å². The fourth-order valence-corrected chi connectivity index (χ4v) is 3.28. The van der Waals surface area contributed by atoms with E-state index in [2.05, 4.69) is 30.5 Å². The highest BCUT2D eigenvalue weighted by Gasteiger charge is 2.48. The first-order valence-corrected chi connectivity index (χ1v) is 7.26. The third-order valence-electron chi connectivity index (χ3n) is 4.46. The van der Waals surface area contributed by atoms with Crippen molar-refractivity contribution in [2.75, 3.05) is 18.0 Å². The molecule has 8 heteroatoms. The van der Waals surface area contributed by atoms with Crippen molar-refractivity contribution < 1.29 is 9.59 Å². The van der Waals surface area contributed by atoms with Gasteiger partial charge in [0.05, 0.1) is 5.52 Å². The lowest BCUT2D eigenvalue weighted by Crippen LogP contribution is -2.55.